The number of hydrogen-bond donors (Lipinski definition) is 6. The van der Waals surface area contributed by atoms with E-state index in [9.17, 15) is 28.8 Å². The number of rotatable bonds is 9. The first-order valence-corrected chi connectivity index (χ1v) is 6.69. The average molecular weight is 366 g/mol. The number of carbonyl (C=O) groups is 6. The molecule has 25 heavy (non-hydrogen) atoms. The predicted molar refractivity (Wildman–Crippen MR) is 75.9 cm³/mol. The van der Waals surface area contributed by atoms with Crippen molar-refractivity contribution >= 4 is 35.8 Å². The third-order valence-corrected chi connectivity index (χ3v) is 3.35. The van der Waals surface area contributed by atoms with Gasteiger partial charge in [-0.15, -0.1) is 0 Å². The summed E-state index contributed by atoms with van der Waals surface area (Å²) in [6, 6.07) is 0. The van der Waals surface area contributed by atoms with Crippen molar-refractivity contribution in [1.29, 1.82) is 0 Å². The quantitative estimate of drug-likeness (QED) is 0.288. The topological polar surface area (TPSA) is 224 Å². The molecular weight excluding hydrogens is 348 g/mol. The van der Waals surface area contributed by atoms with Crippen LogP contribution in [0.3, 0.4) is 0 Å². The minimum atomic E-state index is -2.71. The first-order valence-electron chi connectivity index (χ1n) is 6.69. The smallest absolute Gasteiger partial charge is 0.332 e. The molecule has 0 aliphatic heterocycles. The highest BCUT2D eigenvalue weighted by molar-refractivity contribution is 6.16. The minimum absolute atomic E-state index is 0.172. The lowest BCUT2D eigenvalue weighted by Crippen LogP contribution is -2.46. The van der Waals surface area contributed by atoms with Crippen LogP contribution in [0, 0.1) is 10.8 Å². The maximum absolute atomic E-state index is 10.5. The van der Waals surface area contributed by atoms with Gasteiger partial charge in [-0.1, -0.05) is 20.3 Å². The van der Waals surface area contributed by atoms with Crippen molar-refractivity contribution in [3.05, 3.63) is 0 Å². The Labute approximate surface area is 140 Å². The normalized spacial score (nSPS) is 10.8. The lowest BCUT2D eigenvalue weighted by atomic mass is 9.83. The molecule has 0 fully saturated rings. The van der Waals surface area contributed by atoms with Crippen molar-refractivity contribution in [3.63, 3.8) is 0 Å². The van der Waals surface area contributed by atoms with Gasteiger partial charge >= 0.3 is 35.8 Å². The van der Waals surface area contributed by atoms with E-state index < -0.39 is 59.5 Å². The molecule has 0 spiro atoms. The molecule has 0 saturated carbocycles. The van der Waals surface area contributed by atoms with Gasteiger partial charge in [-0.05, 0) is 12.8 Å². The van der Waals surface area contributed by atoms with Crippen LogP contribution in [0.4, 0.5) is 0 Å². The Morgan fingerprint density at radius 1 is 0.560 bits per heavy atom. The molecule has 12 nitrogen and oxygen atoms in total. The minimum Gasteiger partial charge on any atom is -0.480 e. The Morgan fingerprint density at radius 2 is 0.800 bits per heavy atom. The predicted octanol–water partition coefficient (Wildman–Crippen LogP) is -0.337. The Bertz CT molecular complexity index is 503. The van der Waals surface area contributed by atoms with Crippen LogP contribution in [0.1, 0.15) is 33.1 Å². The van der Waals surface area contributed by atoms with E-state index in [-0.39, 0.29) is 6.42 Å². The zero-order chi connectivity index (χ0) is 20.6. The second kappa shape index (κ2) is 9.20. The zero-order valence-corrected chi connectivity index (χ0v) is 13.3. The molecule has 0 amide bonds. The molecule has 0 bridgehead atoms. The molecule has 0 aromatic rings. The van der Waals surface area contributed by atoms with Crippen molar-refractivity contribution in [2.24, 2.45) is 10.8 Å². The molecule has 0 saturated heterocycles. The van der Waals surface area contributed by atoms with E-state index >= 15 is 0 Å². The van der Waals surface area contributed by atoms with Gasteiger partial charge in [-0.25, -0.2) is 0 Å². The molecule has 142 valence electrons. The van der Waals surface area contributed by atoms with E-state index in [0.717, 1.165) is 0 Å². The molecule has 0 radical (unpaired) electrons. The van der Waals surface area contributed by atoms with Gasteiger partial charge < -0.3 is 30.6 Å². The summed E-state index contributed by atoms with van der Waals surface area (Å²) in [6.07, 6.45) is -0.745. The summed E-state index contributed by atoms with van der Waals surface area (Å²) < 4.78 is 0. The van der Waals surface area contributed by atoms with Crippen LogP contribution < -0.4 is 0 Å². The van der Waals surface area contributed by atoms with Crippen molar-refractivity contribution in [3.8, 4) is 0 Å². The van der Waals surface area contributed by atoms with Crippen LogP contribution in [0.5, 0.6) is 0 Å². The number of hydrogen-bond acceptors (Lipinski definition) is 6. The average Bonchev–Trinajstić information content (AvgIpc) is 2.44. The van der Waals surface area contributed by atoms with Crippen molar-refractivity contribution in [2.45, 2.75) is 33.1 Å². The van der Waals surface area contributed by atoms with Gasteiger partial charge in [0.2, 0.25) is 0 Å². The SMILES string of the molecule is CCC(C(=O)O)(C(=O)O)C(=O)O.CCCC(C(=O)O)(C(=O)O)C(=O)O. The van der Waals surface area contributed by atoms with Gasteiger partial charge in [0.05, 0.1) is 0 Å². The highest BCUT2D eigenvalue weighted by Gasteiger charge is 2.54. The van der Waals surface area contributed by atoms with Crippen molar-refractivity contribution in [2.75, 3.05) is 0 Å². The Kier molecular flexibility index (Phi) is 8.86. The maximum atomic E-state index is 10.5. The molecule has 0 heterocycles. The Hall–Kier alpha value is -3.18. The summed E-state index contributed by atoms with van der Waals surface area (Å²) >= 11 is 0. The lowest BCUT2D eigenvalue weighted by Gasteiger charge is -2.18. The second-order valence-corrected chi connectivity index (χ2v) is 4.75. The fourth-order valence-electron chi connectivity index (χ4n) is 1.70. The van der Waals surface area contributed by atoms with Crippen LogP contribution in [0.25, 0.3) is 0 Å². The van der Waals surface area contributed by atoms with E-state index in [1.54, 1.807) is 0 Å². The third-order valence-electron chi connectivity index (χ3n) is 3.35. The van der Waals surface area contributed by atoms with Crippen LogP contribution in [-0.4, -0.2) is 66.5 Å². The van der Waals surface area contributed by atoms with Gasteiger partial charge in [0.1, 0.15) is 0 Å². The van der Waals surface area contributed by atoms with Gasteiger partial charge in [0.25, 0.3) is 10.8 Å². The van der Waals surface area contributed by atoms with Crippen molar-refractivity contribution in [1.82, 2.24) is 0 Å². The molecule has 0 aliphatic carbocycles. The molecule has 0 rings (SSSR count). The van der Waals surface area contributed by atoms with Gasteiger partial charge in [0, 0.05) is 0 Å². The first-order chi connectivity index (χ1) is 11.3. The summed E-state index contributed by atoms with van der Waals surface area (Å²) in [5.74, 6) is -11.1. The summed E-state index contributed by atoms with van der Waals surface area (Å²) in [7, 11) is 0. The summed E-state index contributed by atoms with van der Waals surface area (Å²) in [5, 5.41) is 50.8. The highest BCUT2D eigenvalue weighted by Crippen LogP contribution is 2.25. The Balaban J connectivity index is 0. The summed E-state index contributed by atoms with van der Waals surface area (Å²) in [6.45, 7) is 2.71. The van der Waals surface area contributed by atoms with Crippen LogP contribution in [-0.2, 0) is 28.8 Å². The van der Waals surface area contributed by atoms with Gasteiger partial charge in [-0.3, -0.25) is 28.8 Å². The molecular formula is C13H18O12. The molecule has 0 aromatic heterocycles. The standard InChI is InChI=1S/C7H10O6.C6H8O6/c1-2-3-7(4(8)9,5(10)11)6(12)13;1-2-6(3(7)8,4(9)10)5(11)12/h2-3H2,1H3,(H,8,9)(H,10,11)(H,12,13);2H2,1H3,(H,7,8)(H,9,10)(H,11,12). The monoisotopic (exact) mass is 366 g/mol. The fraction of sp³-hybridized carbons (Fsp3) is 0.538. The number of carboxylic acids is 6. The highest BCUT2D eigenvalue weighted by atomic mass is 16.4. The van der Waals surface area contributed by atoms with Crippen LogP contribution >= 0.6 is 0 Å². The van der Waals surface area contributed by atoms with E-state index in [4.69, 9.17) is 30.6 Å². The summed E-state index contributed by atoms with van der Waals surface area (Å²) in [5.41, 5.74) is -5.41. The Morgan fingerprint density at radius 3 is 0.840 bits per heavy atom. The molecule has 12 heteroatoms. The van der Waals surface area contributed by atoms with Gasteiger partial charge in [-0.2, -0.15) is 0 Å². The fourth-order valence-corrected chi connectivity index (χ4v) is 1.70. The summed E-state index contributed by atoms with van der Waals surface area (Å²) in [4.78, 5) is 62.7. The number of carboxylic acid groups (broad SMARTS) is 6. The molecule has 0 aromatic carbocycles. The van der Waals surface area contributed by atoms with E-state index in [0.29, 0.717) is 0 Å². The first kappa shape index (κ1) is 24.1. The molecule has 6 N–H and O–H groups in total. The third kappa shape index (κ3) is 4.65. The van der Waals surface area contributed by atoms with E-state index in [1.165, 1.54) is 13.8 Å². The zero-order valence-electron chi connectivity index (χ0n) is 13.3. The molecule has 0 atom stereocenters. The van der Waals surface area contributed by atoms with E-state index in [2.05, 4.69) is 0 Å². The molecule has 0 unspecified atom stereocenters. The van der Waals surface area contributed by atoms with Crippen LogP contribution in [0.15, 0.2) is 0 Å². The second-order valence-electron chi connectivity index (χ2n) is 4.75. The largest absolute Gasteiger partial charge is 0.480 e. The van der Waals surface area contributed by atoms with E-state index in [1.807, 2.05) is 0 Å². The van der Waals surface area contributed by atoms with Gasteiger partial charge in [0.15, 0.2) is 0 Å². The van der Waals surface area contributed by atoms with Crippen LogP contribution in [0.2, 0.25) is 0 Å². The number of aliphatic carboxylic acids is 6. The maximum Gasteiger partial charge on any atom is 0.332 e. The molecule has 0 aliphatic rings. The lowest BCUT2D eigenvalue weighted by molar-refractivity contribution is -0.178. The van der Waals surface area contributed by atoms with Crippen molar-refractivity contribution < 1.29 is 59.4 Å².